The number of hydrogen-bond donors (Lipinski definition) is 2. The summed E-state index contributed by atoms with van der Waals surface area (Å²) in [6, 6.07) is 6.38. The quantitative estimate of drug-likeness (QED) is 0.601. The molecule has 2 N–H and O–H groups in total. The van der Waals surface area contributed by atoms with Gasteiger partial charge in [0.15, 0.2) is 0 Å². The van der Waals surface area contributed by atoms with Gasteiger partial charge in [0.1, 0.15) is 6.04 Å². The van der Waals surface area contributed by atoms with Crippen molar-refractivity contribution in [3.05, 3.63) is 34.3 Å². The average molecular weight is 417 g/mol. The Hall–Kier alpha value is -1.54. The minimum Gasteiger partial charge on any atom is -0.467 e. The summed E-state index contributed by atoms with van der Waals surface area (Å²) in [6.07, 6.45) is 2.51. The molecule has 1 aromatic carbocycles. The van der Waals surface area contributed by atoms with Gasteiger partial charge < -0.3 is 15.4 Å². The van der Waals surface area contributed by atoms with E-state index in [9.17, 15) is 14.4 Å². The van der Waals surface area contributed by atoms with Crippen molar-refractivity contribution in [3.63, 3.8) is 0 Å². The Morgan fingerprint density at radius 2 is 2.00 bits per heavy atom. The smallest absolute Gasteiger partial charge is 0.328 e. The van der Waals surface area contributed by atoms with Crippen LogP contribution in [0.4, 0.5) is 0 Å². The number of esters is 1. The average Bonchev–Trinajstić information content (AvgIpc) is 2.58. The Morgan fingerprint density at radius 1 is 1.29 bits per heavy atom. The van der Waals surface area contributed by atoms with Gasteiger partial charge in [0, 0.05) is 17.4 Å². The summed E-state index contributed by atoms with van der Waals surface area (Å²) < 4.78 is 5.38. The number of ether oxygens (including phenoxy) is 1. The minimum absolute atomic E-state index is 0.0863. The Kier molecular flexibility index (Phi) is 9.48. The van der Waals surface area contributed by atoms with Crippen LogP contribution in [0.5, 0.6) is 0 Å². The van der Waals surface area contributed by atoms with Crippen LogP contribution in [0.3, 0.4) is 0 Å². The normalized spacial score (nSPS) is 11.5. The molecular weight excluding hydrogens is 396 g/mol. The molecule has 0 spiro atoms. The molecule has 2 amide bonds. The van der Waals surface area contributed by atoms with Crippen molar-refractivity contribution in [1.82, 2.24) is 10.6 Å². The van der Waals surface area contributed by atoms with E-state index in [-0.39, 0.29) is 24.8 Å². The fourth-order valence-corrected chi connectivity index (χ4v) is 2.86. The van der Waals surface area contributed by atoms with Crippen molar-refractivity contribution in [2.45, 2.75) is 18.9 Å². The van der Waals surface area contributed by atoms with Crippen LogP contribution in [0.25, 0.3) is 0 Å². The van der Waals surface area contributed by atoms with E-state index < -0.39 is 12.0 Å². The van der Waals surface area contributed by atoms with Crippen LogP contribution in [0.1, 0.15) is 23.2 Å². The molecule has 6 nitrogen and oxygen atoms in total. The molecule has 0 fully saturated rings. The number of rotatable bonds is 9. The maximum atomic E-state index is 12.0. The number of amides is 2. The van der Waals surface area contributed by atoms with Gasteiger partial charge in [0.25, 0.3) is 5.91 Å². The van der Waals surface area contributed by atoms with Gasteiger partial charge >= 0.3 is 5.97 Å². The SMILES string of the molecule is COC(=O)[C@@H](CCSC)NC(=O)CCNC(=O)c1ccccc1Br. The van der Waals surface area contributed by atoms with Gasteiger partial charge in [-0.05, 0) is 46.5 Å². The van der Waals surface area contributed by atoms with Crippen LogP contribution in [-0.4, -0.2) is 49.5 Å². The van der Waals surface area contributed by atoms with Crippen LogP contribution < -0.4 is 10.6 Å². The summed E-state index contributed by atoms with van der Waals surface area (Å²) in [4.78, 5) is 35.6. The van der Waals surface area contributed by atoms with E-state index in [2.05, 4.69) is 31.3 Å². The van der Waals surface area contributed by atoms with Crippen LogP contribution >= 0.6 is 27.7 Å². The first-order valence-electron chi connectivity index (χ1n) is 7.38. The molecule has 0 aromatic heterocycles. The number of nitrogens with one attached hydrogen (secondary N) is 2. The number of benzene rings is 1. The standard InChI is InChI=1S/C16H21BrN2O4S/c1-23-16(22)13(8-10-24-2)19-14(20)7-9-18-15(21)11-5-3-4-6-12(11)17/h3-6,13H,7-10H2,1-2H3,(H,18,21)(H,19,20)/t13-/m1/s1. The van der Waals surface area contributed by atoms with E-state index in [1.807, 2.05) is 12.3 Å². The second-order valence-electron chi connectivity index (χ2n) is 4.91. The fraction of sp³-hybridized carbons (Fsp3) is 0.438. The van der Waals surface area contributed by atoms with Crippen LogP contribution in [0.15, 0.2) is 28.7 Å². The molecule has 1 atom stereocenters. The van der Waals surface area contributed by atoms with Crippen molar-refractivity contribution in [2.24, 2.45) is 0 Å². The third-order valence-corrected chi connectivity index (χ3v) is 4.52. The Labute approximate surface area is 154 Å². The molecule has 0 aliphatic rings. The van der Waals surface area contributed by atoms with E-state index in [1.54, 1.807) is 30.0 Å². The molecule has 0 radical (unpaired) electrons. The van der Waals surface area contributed by atoms with Crippen LogP contribution in [0.2, 0.25) is 0 Å². The Bertz CT molecular complexity index is 583. The molecule has 1 rings (SSSR count). The molecule has 0 saturated carbocycles. The van der Waals surface area contributed by atoms with Crippen molar-refractivity contribution in [1.29, 1.82) is 0 Å². The number of carbonyl (C=O) groups excluding carboxylic acids is 3. The second kappa shape index (κ2) is 11.1. The zero-order valence-electron chi connectivity index (χ0n) is 13.6. The molecule has 1 aromatic rings. The largest absolute Gasteiger partial charge is 0.467 e. The topological polar surface area (TPSA) is 84.5 Å². The van der Waals surface area contributed by atoms with Crippen molar-refractivity contribution in [3.8, 4) is 0 Å². The van der Waals surface area contributed by atoms with Gasteiger partial charge in [-0.15, -0.1) is 0 Å². The first kappa shape index (κ1) is 20.5. The first-order valence-corrected chi connectivity index (χ1v) is 9.57. The zero-order chi connectivity index (χ0) is 17.9. The third-order valence-electron chi connectivity index (χ3n) is 3.19. The molecule has 0 unspecified atom stereocenters. The molecule has 0 heterocycles. The van der Waals surface area contributed by atoms with Gasteiger partial charge in [0.2, 0.25) is 5.91 Å². The summed E-state index contributed by atoms with van der Waals surface area (Å²) in [5, 5.41) is 5.32. The van der Waals surface area contributed by atoms with Gasteiger partial charge in [-0.2, -0.15) is 11.8 Å². The highest BCUT2D eigenvalue weighted by Gasteiger charge is 2.20. The monoisotopic (exact) mass is 416 g/mol. The molecule has 0 aliphatic carbocycles. The lowest BCUT2D eigenvalue weighted by Crippen LogP contribution is -2.43. The number of methoxy groups -OCH3 is 1. The van der Waals surface area contributed by atoms with Crippen molar-refractivity contribution >= 4 is 45.5 Å². The Balaban J connectivity index is 2.43. The second-order valence-corrected chi connectivity index (χ2v) is 6.75. The van der Waals surface area contributed by atoms with E-state index in [0.717, 1.165) is 5.75 Å². The van der Waals surface area contributed by atoms with Gasteiger partial charge in [-0.1, -0.05) is 12.1 Å². The summed E-state index contributed by atoms with van der Waals surface area (Å²) in [6.45, 7) is 0.183. The molecule has 0 bridgehead atoms. The van der Waals surface area contributed by atoms with E-state index in [4.69, 9.17) is 0 Å². The molecule has 0 aliphatic heterocycles. The summed E-state index contributed by atoms with van der Waals surface area (Å²) >= 11 is 4.89. The predicted octanol–water partition coefficient (Wildman–Crippen LogP) is 1.98. The lowest BCUT2D eigenvalue weighted by atomic mass is 10.2. The minimum atomic E-state index is -0.658. The van der Waals surface area contributed by atoms with Crippen molar-refractivity contribution < 1.29 is 19.1 Å². The highest BCUT2D eigenvalue weighted by molar-refractivity contribution is 9.10. The fourth-order valence-electron chi connectivity index (χ4n) is 1.92. The van der Waals surface area contributed by atoms with Crippen molar-refractivity contribution in [2.75, 3.05) is 25.7 Å². The first-order chi connectivity index (χ1) is 11.5. The maximum absolute atomic E-state index is 12.0. The number of hydrogen-bond acceptors (Lipinski definition) is 5. The molecule has 132 valence electrons. The molecule has 0 saturated heterocycles. The lowest BCUT2D eigenvalue weighted by Gasteiger charge is -2.16. The molecule has 8 heteroatoms. The number of halogens is 1. The summed E-state index contributed by atoms with van der Waals surface area (Å²) in [5.74, 6) is -0.297. The lowest BCUT2D eigenvalue weighted by molar-refractivity contribution is -0.145. The Morgan fingerprint density at radius 3 is 2.62 bits per heavy atom. The zero-order valence-corrected chi connectivity index (χ0v) is 16.0. The van der Waals surface area contributed by atoms with Crippen LogP contribution in [-0.2, 0) is 14.3 Å². The highest BCUT2D eigenvalue weighted by atomic mass is 79.9. The number of thioether (sulfide) groups is 1. The van der Waals surface area contributed by atoms with E-state index >= 15 is 0 Å². The van der Waals surface area contributed by atoms with E-state index in [1.165, 1.54) is 7.11 Å². The predicted molar refractivity (Wildman–Crippen MR) is 98.0 cm³/mol. The summed E-state index contributed by atoms with van der Waals surface area (Å²) in [5.41, 5.74) is 0.505. The molecular formula is C16H21BrN2O4S. The third kappa shape index (κ3) is 6.92. The van der Waals surface area contributed by atoms with Gasteiger partial charge in [-0.3, -0.25) is 9.59 Å². The van der Waals surface area contributed by atoms with E-state index in [0.29, 0.717) is 16.5 Å². The maximum Gasteiger partial charge on any atom is 0.328 e. The van der Waals surface area contributed by atoms with Gasteiger partial charge in [-0.25, -0.2) is 4.79 Å². The molecule has 24 heavy (non-hydrogen) atoms. The van der Waals surface area contributed by atoms with Crippen LogP contribution in [0, 0.1) is 0 Å². The summed E-state index contributed by atoms with van der Waals surface area (Å²) in [7, 11) is 1.29. The van der Waals surface area contributed by atoms with Gasteiger partial charge in [0.05, 0.1) is 12.7 Å². The highest BCUT2D eigenvalue weighted by Crippen LogP contribution is 2.15. The number of carbonyl (C=O) groups is 3.